The van der Waals surface area contributed by atoms with Crippen LogP contribution in [0.3, 0.4) is 0 Å². The van der Waals surface area contributed by atoms with E-state index in [1.165, 1.54) is 22.0 Å². The van der Waals surface area contributed by atoms with E-state index in [9.17, 15) is 0 Å². The molecule has 0 saturated heterocycles. The van der Waals surface area contributed by atoms with E-state index in [0.717, 1.165) is 6.42 Å². The highest BCUT2D eigenvalue weighted by atomic mass is 14.9. The summed E-state index contributed by atoms with van der Waals surface area (Å²) in [4.78, 5) is 0. The maximum Gasteiger partial charge on any atom is 0.0480 e. The molecule has 1 unspecified atom stereocenters. The predicted octanol–water partition coefficient (Wildman–Crippen LogP) is 4.32. The summed E-state index contributed by atoms with van der Waals surface area (Å²) < 4.78 is 2.22. The van der Waals surface area contributed by atoms with E-state index in [1.54, 1.807) is 0 Å². The molecule has 0 fully saturated rings. The van der Waals surface area contributed by atoms with Crippen molar-refractivity contribution in [3.05, 3.63) is 47.7 Å². The van der Waals surface area contributed by atoms with Crippen LogP contribution >= 0.6 is 0 Å². The molecule has 0 amide bonds. The van der Waals surface area contributed by atoms with Crippen LogP contribution in [0.2, 0.25) is 0 Å². The van der Waals surface area contributed by atoms with Crippen molar-refractivity contribution in [3.8, 4) is 0 Å². The van der Waals surface area contributed by atoms with E-state index in [0.29, 0.717) is 5.92 Å². The van der Waals surface area contributed by atoms with Crippen molar-refractivity contribution >= 4 is 10.9 Å². The molecule has 0 saturated carbocycles. The number of benzene rings is 1. The largest absolute Gasteiger partial charge is 0.350 e. The molecule has 0 aliphatic rings. The summed E-state index contributed by atoms with van der Waals surface area (Å²) in [6.45, 7) is 6.64. The zero-order valence-corrected chi connectivity index (χ0v) is 11.2. The number of hydrogen-bond donors (Lipinski definition) is 0. The average molecular weight is 227 g/mol. The Labute approximate surface area is 104 Å². The fourth-order valence-corrected chi connectivity index (χ4v) is 2.36. The normalized spacial score (nSPS) is 14.2. The highest BCUT2D eigenvalue weighted by Crippen LogP contribution is 2.25. The van der Waals surface area contributed by atoms with Crippen molar-refractivity contribution in [1.29, 1.82) is 0 Å². The zero-order chi connectivity index (χ0) is 12.4. The second-order valence-electron chi connectivity index (χ2n) is 4.92. The molecule has 17 heavy (non-hydrogen) atoms. The van der Waals surface area contributed by atoms with Crippen LogP contribution in [0, 0.1) is 5.92 Å². The minimum atomic E-state index is 0.616. The lowest BCUT2D eigenvalue weighted by Gasteiger charge is -2.11. The summed E-state index contributed by atoms with van der Waals surface area (Å²) in [5, 5.41) is 1.39. The van der Waals surface area contributed by atoms with Crippen molar-refractivity contribution in [2.24, 2.45) is 13.0 Å². The van der Waals surface area contributed by atoms with Gasteiger partial charge in [-0.25, -0.2) is 0 Å². The molecule has 0 aliphatic carbocycles. The first-order valence-electron chi connectivity index (χ1n) is 6.29. The van der Waals surface area contributed by atoms with Gasteiger partial charge in [-0.15, -0.1) is 0 Å². The van der Waals surface area contributed by atoms with Gasteiger partial charge in [-0.05, 0) is 37.8 Å². The van der Waals surface area contributed by atoms with Crippen LogP contribution < -0.4 is 0 Å². The van der Waals surface area contributed by atoms with Crippen LogP contribution in [0.25, 0.3) is 10.9 Å². The van der Waals surface area contributed by atoms with E-state index in [2.05, 4.69) is 68.9 Å². The number of allylic oxidation sites excluding steroid dienone is 2. The molecule has 0 bridgehead atoms. The standard InChI is InChI=1S/C16H21N/c1-5-12(2)13(3)10-14-11-17(4)16-9-7-6-8-15(14)16/h5-9,11,13H,10H2,1-4H3/b12-5-. The summed E-state index contributed by atoms with van der Waals surface area (Å²) in [6, 6.07) is 8.64. The van der Waals surface area contributed by atoms with Crippen molar-refractivity contribution < 1.29 is 0 Å². The summed E-state index contributed by atoms with van der Waals surface area (Å²) in [5.41, 5.74) is 4.25. The molecule has 0 spiro atoms. The Morgan fingerprint density at radius 1 is 1.35 bits per heavy atom. The van der Waals surface area contributed by atoms with Gasteiger partial charge in [-0.2, -0.15) is 0 Å². The van der Waals surface area contributed by atoms with Gasteiger partial charge in [0.2, 0.25) is 0 Å². The van der Waals surface area contributed by atoms with Gasteiger partial charge < -0.3 is 4.57 Å². The Morgan fingerprint density at radius 3 is 2.76 bits per heavy atom. The van der Waals surface area contributed by atoms with E-state index in [-0.39, 0.29) is 0 Å². The molecule has 1 nitrogen and oxygen atoms in total. The van der Waals surface area contributed by atoms with Crippen LogP contribution in [0.15, 0.2) is 42.1 Å². The van der Waals surface area contributed by atoms with Crippen molar-refractivity contribution in [1.82, 2.24) is 4.57 Å². The van der Waals surface area contributed by atoms with Gasteiger partial charge in [0.15, 0.2) is 0 Å². The zero-order valence-electron chi connectivity index (χ0n) is 11.2. The van der Waals surface area contributed by atoms with Crippen LogP contribution in [0.1, 0.15) is 26.3 Å². The second kappa shape index (κ2) is 4.79. The molecule has 2 rings (SSSR count). The van der Waals surface area contributed by atoms with Crippen molar-refractivity contribution in [2.45, 2.75) is 27.2 Å². The highest BCUT2D eigenvalue weighted by Gasteiger charge is 2.10. The average Bonchev–Trinajstić information content (AvgIpc) is 2.66. The molecular weight excluding hydrogens is 206 g/mol. The summed E-state index contributed by atoms with van der Waals surface area (Å²) >= 11 is 0. The summed E-state index contributed by atoms with van der Waals surface area (Å²) in [7, 11) is 2.12. The van der Waals surface area contributed by atoms with Gasteiger partial charge in [0.1, 0.15) is 0 Å². The first-order chi connectivity index (χ1) is 8.13. The van der Waals surface area contributed by atoms with Crippen molar-refractivity contribution in [3.63, 3.8) is 0 Å². The van der Waals surface area contributed by atoms with Crippen LogP contribution in [-0.4, -0.2) is 4.57 Å². The molecule has 0 radical (unpaired) electrons. The molecule has 0 N–H and O–H groups in total. The molecule has 1 heteroatoms. The first-order valence-corrected chi connectivity index (χ1v) is 6.29. The van der Waals surface area contributed by atoms with E-state index in [4.69, 9.17) is 0 Å². The van der Waals surface area contributed by atoms with E-state index < -0.39 is 0 Å². The van der Waals surface area contributed by atoms with Gasteiger partial charge in [0, 0.05) is 24.1 Å². The third kappa shape index (κ3) is 2.28. The number of aryl methyl sites for hydroxylation is 1. The van der Waals surface area contributed by atoms with Gasteiger partial charge >= 0.3 is 0 Å². The highest BCUT2D eigenvalue weighted by molar-refractivity contribution is 5.83. The number of aromatic nitrogens is 1. The Morgan fingerprint density at radius 2 is 2.06 bits per heavy atom. The number of hydrogen-bond acceptors (Lipinski definition) is 0. The summed E-state index contributed by atoms with van der Waals surface area (Å²) in [5.74, 6) is 0.616. The Kier molecular flexibility index (Phi) is 3.37. The minimum absolute atomic E-state index is 0.616. The molecule has 2 aromatic rings. The van der Waals surface area contributed by atoms with E-state index in [1.807, 2.05) is 0 Å². The third-order valence-corrected chi connectivity index (χ3v) is 3.74. The Balaban J connectivity index is 2.37. The minimum Gasteiger partial charge on any atom is -0.350 e. The molecule has 1 aromatic carbocycles. The molecular formula is C16H21N. The fraction of sp³-hybridized carbons (Fsp3) is 0.375. The quantitative estimate of drug-likeness (QED) is 0.688. The lowest BCUT2D eigenvalue weighted by molar-refractivity contribution is 0.677. The van der Waals surface area contributed by atoms with Gasteiger partial charge in [-0.3, -0.25) is 0 Å². The van der Waals surface area contributed by atoms with Crippen molar-refractivity contribution in [2.75, 3.05) is 0 Å². The smallest absolute Gasteiger partial charge is 0.0480 e. The van der Waals surface area contributed by atoms with Gasteiger partial charge in [-0.1, -0.05) is 36.8 Å². The Bertz CT molecular complexity index is 546. The predicted molar refractivity (Wildman–Crippen MR) is 75.2 cm³/mol. The molecule has 1 atom stereocenters. The second-order valence-corrected chi connectivity index (χ2v) is 4.92. The summed E-state index contributed by atoms with van der Waals surface area (Å²) in [6.07, 6.45) is 5.61. The van der Waals surface area contributed by atoms with Gasteiger partial charge in [0.05, 0.1) is 0 Å². The van der Waals surface area contributed by atoms with Crippen LogP contribution in [-0.2, 0) is 13.5 Å². The van der Waals surface area contributed by atoms with E-state index >= 15 is 0 Å². The molecule has 90 valence electrons. The maximum absolute atomic E-state index is 2.30. The monoisotopic (exact) mass is 227 g/mol. The number of para-hydroxylation sites is 1. The topological polar surface area (TPSA) is 4.93 Å². The molecule has 1 aromatic heterocycles. The van der Waals surface area contributed by atoms with Crippen LogP contribution in [0.4, 0.5) is 0 Å². The lowest BCUT2D eigenvalue weighted by atomic mass is 9.94. The Hall–Kier alpha value is -1.50. The third-order valence-electron chi connectivity index (χ3n) is 3.74. The molecule has 1 heterocycles. The van der Waals surface area contributed by atoms with Gasteiger partial charge in [0.25, 0.3) is 0 Å². The fourth-order valence-electron chi connectivity index (χ4n) is 2.36. The lowest BCUT2D eigenvalue weighted by Crippen LogP contribution is -2.00. The van der Waals surface area contributed by atoms with Crippen LogP contribution in [0.5, 0.6) is 0 Å². The SMILES string of the molecule is C/C=C(/C)C(C)Cc1cn(C)c2ccccc12. The number of fused-ring (bicyclic) bond motifs is 1. The maximum atomic E-state index is 2.30. The first kappa shape index (κ1) is 12.0. The number of rotatable bonds is 3. The molecule has 0 aliphatic heterocycles. The number of nitrogens with zero attached hydrogens (tertiary/aromatic N) is 1.